The lowest BCUT2D eigenvalue weighted by Crippen LogP contribution is -2.56. The molecule has 0 spiro atoms. The van der Waals surface area contributed by atoms with Crippen molar-refractivity contribution < 1.29 is 9.53 Å². The largest absolute Gasteiger partial charge is 0.501 e. The Kier molecular flexibility index (Phi) is 4.16. The first-order valence-electron chi connectivity index (χ1n) is 10.4. The number of hydrogen-bond donors (Lipinski definition) is 0. The van der Waals surface area contributed by atoms with Crippen molar-refractivity contribution in [3.63, 3.8) is 0 Å². The number of fused-ring (bicyclic) bond motifs is 5. The van der Waals surface area contributed by atoms with Crippen molar-refractivity contribution in [1.82, 2.24) is 0 Å². The fourth-order valence-electron chi connectivity index (χ4n) is 7.62. The van der Waals surface area contributed by atoms with Crippen LogP contribution in [0.4, 0.5) is 0 Å². The Balaban J connectivity index is 1.76. The van der Waals surface area contributed by atoms with Gasteiger partial charge in [0.05, 0.1) is 12.9 Å². The smallest absolute Gasteiger partial charge is 0.138 e. The zero-order valence-electron chi connectivity index (χ0n) is 16.3. The quantitative estimate of drug-likeness (QED) is 0.476. The van der Waals surface area contributed by atoms with E-state index in [1.54, 1.807) is 7.11 Å². The molecule has 2 heteroatoms. The molecule has 4 fully saturated rings. The molecule has 0 N–H and O–H groups in total. The van der Waals surface area contributed by atoms with Crippen molar-refractivity contribution in [2.45, 2.75) is 71.6 Å². The molecule has 2 nitrogen and oxygen atoms in total. The van der Waals surface area contributed by atoms with Crippen LogP contribution in [-0.2, 0) is 9.53 Å². The van der Waals surface area contributed by atoms with Crippen LogP contribution in [0.1, 0.15) is 71.6 Å². The fourth-order valence-corrected chi connectivity index (χ4v) is 7.62. The summed E-state index contributed by atoms with van der Waals surface area (Å²) in [5.41, 5.74) is 1.49. The molecule has 4 aliphatic rings. The van der Waals surface area contributed by atoms with Gasteiger partial charge in [0.1, 0.15) is 5.78 Å². The Hall–Kier alpha value is -1.05. The molecule has 4 saturated carbocycles. The lowest BCUT2D eigenvalue weighted by Gasteiger charge is -2.59. The summed E-state index contributed by atoms with van der Waals surface area (Å²) >= 11 is 0. The molecule has 0 aromatic heterocycles. The Bertz CT molecular complexity index is 618. The van der Waals surface area contributed by atoms with E-state index in [0.717, 1.165) is 18.1 Å². The summed E-state index contributed by atoms with van der Waals surface area (Å²) < 4.78 is 5.61. The highest BCUT2D eigenvalue weighted by Crippen LogP contribution is 2.67. The molecule has 4 rings (SSSR count). The van der Waals surface area contributed by atoms with Crippen molar-refractivity contribution in [3.05, 3.63) is 24.0 Å². The molecule has 0 aromatic carbocycles. The summed E-state index contributed by atoms with van der Waals surface area (Å²) in [5.74, 6) is 3.77. The average Bonchev–Trinajstić information content (AvgIpc) is 2.99. The Morgan fingerprint density at radius 3 is 2.76 bits per heavy atom. The van der Waals surface area contributed by atoms with Gasteiger partial charge in [0.2, 0.25) is 0 Å². The molecule has 4 aliphatic carbocycles. The van der Waals surface area contributed by atoms with Gasteiger partial charge in [-0.25, -0.2) is 0 Å². The van der Waals surface area contributed by atoms with Gasteiger partial charge < -0.3 is 4.74 Å². The summed E-state index contributed by atoms with van der Waals surface area (Å²) in [4.78, 5) is 13.5. The Morgan fingerprint density at radius 2 is 2.04 bits per heavy atom. The van der Waals surface area contributed by atoms with Crippen LogP contribution < -0.4 is 0 Å². The van der Waals surface area contributed by atoms with Gasteiger partial charge in [-0.1, -0.05) is 25.8 Å². The number of ether oxygens (including phenoxy) is 1. The number of ketones is 1. The molecular weight excluding hydrogens is 308 g/mol. The highest BCUT2D eigenvalue weighted by atomic mass is 16.5. The molecule has 0 amide bonds. The fraction of sp³-hybridized carbons (Fsp3) is 0.783. The average molecular weight is 343 g/mol. The summed E-state index contributed by atoms with van der Waals surface area (Å²) in [6, 6.07) is 0. The van der Waals surface area contributed by atoms with E-state index in [9.17, 15) is 4.79 Å². The molecule has 0 saturated heterocycles. The van der Waals surface area contributed by atoms with Crippen molar-refractivity contribution in [3.8, 4) is 0 Å². The van der Waals surface area contributed by atoms with E-state index in [1.165, 1.54) is 50.5 Å². The maximum atomic E-state index is 13.5. The van der Waals surface area contributed by atoms with E-state index in [-0.39, 0.29) is 10.8 Å². The van der Waals surface area contributed by atoms with Crippen molar-refractivity contribution in [2.75, 3.05) is 7.11 Å². The predicted molar refractivity (Wildman–Crippen MR) is 101 cm³/mol. The highest BCUT2D eigenvalue weighted by molar-refractivity contribution is 5.85. The van der Waals surface area contributed by atoms with E-state index in [0.29, 0.717) is 30.0 Å². The van der Waals surface area contributed by atoms with Gasteiger partial charge in [0.15, 0.2) is 0 Å². The third kappa shape index (κ3) is 2.25. The second kappa shape index (κ2) is 5.99. The van der Waals surface area contributed by atoms with E-state index in [1.807, 2.05) is 0 Å². The number of carbonyl (C=O) groups excluding carboxylic acids is 1. The molecule has 6 unspecified atom stereocenters. The van der Waals surface area contributed by atoms with Gasteiger partial charge >= 0.3 is 0 Å². The second-order valence-corrected chi connectivity index (χ2v) is 9.44. The first-order valence-corrected chi connectivity index (χ1v) is 10.4. The molecule has 6 atom stereocenters. The standard InChI is InChI=1S/C23H34O2/c1-5-23-14-20(24)21-17(19(23)12-11-18(23)15(2)25-4)10-9-16-8-6-7-13-22(16,21)3/h5,16-17,19,21H,1,6-14H2,2-4H3/b18-15-. The first kappa shape index (κ1) is 17.4. The second-order valence-electron chi connectivity index (χ2n) is 9.44. The van der Waals surface area contributed by atoms with Crippen LogP contribution in [0, 0.1) is 34.5 Å². The van der Waals surface area contributed by atoms with Crippen LogP contribution in [0.3, 0.4) is 0 Å². The first-order chi connectivity index (χ1) is 12.0. The van der Waals surface area contributed by atoms with Gasteiger partial charge in [0, 0.05) is 17.8 Å². The van der Waals surface area contributed by atoms with Crippen molar-refractivity contribution >= 4 is 5.78 Å². The zero-order chi connectivity index (χ0) is 17.8. The SMILES string of the molecule is C=CC12CC(=O)C3C(CCC4CCCCC43C)C1CC/C2=C(\C)OC. The molecular formula is C23H34O2. The third-order valence-corrected chi connectivity index (χ3v) is 8.79. The van der Waals surface area contributed by atoms with Crippen LogP contribution in [-0.4, -0.2) is 12.9 Å². The minimum atomic E-state index is -0.129. The van der Waals surface area contributed by atoms with E-state index in [2.05, 4.69) is 26.5 Å². The van der Waals surface area contributed by atoms with Gasteiger partial charge in [0.25, 0.3) is 0 Å². The van der Waals surface area contributed by atoms with Crippen LogP contribution in [0.15, 0.2) is 24.0 Å². The van der Waals surface area contributed by atoms with Crippen LogP contribution >= 0.6 is 0 Å². The number of Topliss-reactive ketones (excluding diaryl/α,β-unsaturated/α-hetero) is 1. The highest BCUT2D eigenvalue weighted by Gasteiger charge is 2.62. The summed E-state index contributed by atoms with van der Waals surface area (Å²) in [7, 11) is 1.76. The zero-order valence-corrected chi connectivity index (χ0v) is 16.3. The number of hydrogen-bond acceptors (Lipinski definition) is 2. The maximum Gasteiger partial charge on any atom is 0.138 e. The topological polar surface area (TPSA) is 26.3 Å². The monoisotopic (exact) mass is 342 g/mol. The van der Waals surface area contributed by atoms with Crippen molar-refractivity contribution in [2.24, 2.45) is 34.5 Å². The lowest BCUT2D eigenvalue weighted by atomic mass is 9.44. The molecule has 0 radical (unpaired) electrons. The number of carbonyl (C=O) groups is 1. The summed E-state index contributed by atoms with van der Waals surface area (Å²) in [5, 5.41) is 0. The normalized spacial score (nSPS) is 48.2. The number of methoxy groups -OCH3 is 1. The van der Waals surface area contributed by atoms with Gasteiger partial charge in [-0.3, -0.25) is 4.79 Å². The third-order valence-electron chi connectivity index (χ3n) is 8.79. The van der Waals surface area contributed by atoms with Gasteiger partial charge in [-0.15, -0.1) is 6.58 Å². The van der Waals surface area contributed by atoms with Crippen LogP contribution in [0.2, 0.25) is 0 Å². The Morgan fingerprint density at radius 1 is 1.24 bits per heavy atom. The maximum absolute atomic E-state index is 13.5. The summed E-state index contributed by atoms with van der Waals surface area (Å²) in [6.07, 6.45) is 12.9. The van der Waals surface area contributed by atoms with Gasteiger partial charge in [-0.05, 0) is 74.2 Å². The minimum absolute atomic E-state index is 0.129. The molecule has 138 valence electrons. The molecule has 25 heavy (non-hydrogen) atoms. The summed E-state index contributed by atoms with van der Waals surface area (Å²) in [6.45, 7) is 8.74. The van der Waals surface area contributed by atoms with Crippen LogP contribution in [0.25, 0.3) is 0 Å². The van der Waals surface area contributed by atoms with E-state index < -0.39 is 0 Å². The minimum Gasteiger partial charge on any atom is -0.501 e. The van der Waals surface area contributed by atoms with Gasteiger partial charge in [-0.2, -0.15) is 0 Å². The molecule has 0 aromatic rings. The van der Waals surface area contributed by atoms with E-state index >= 15 is 0 Å². The van der Waals surface area contributed by atoms with Crippen molar-refractivity contribution in [1.29, 1.82) is 0 Å². The number of rotatable bonds is 2. The predicted octanol–water partition coefficient (Wildman–Crippen LogP) is 5.68. The molecule has 0 heterocycles. The number of allylic oxidation sites excluding steroid dienone is 3. The molecule has 0 aliphatic heterocycles. The van der Waals surface area contributed by atoms with Crippen LogP contribution in [0.5, 0.6) is 0 Å². The lowest BCUT2D eigenvalue weighted by molar-refractivity contribution is -0.151. The van der Waals surface area contributed by atoms with E-state index in [4.69, 9.17) is 4.74 Å². The molecule has 0 bridgehead atoms. The Labute approximate surface area is 153 Å².